The van der Waals surface area contributed by atoms with Crippen molar-refractivity contribution in [3.8, 4) is 0 Å². The second kappa shape index (κ2) is 11.6. The first-order valence-corrected chi connectivity index (χ1v) is 8.47. The van der Waals surface area contributed by atoms with E-state index in [0.29, 0.717) is 23.9 Å². The lowest BCUT2D eigenvalue weighted by Gasteiger charge is -2.19. The molecule has 0 saturated heterocycles. The van der Waals surface area contributed by atoms with Crippen LogP contribution in [0.2, 0.25) is 0 Å². The lowest BCUT2D eigenvalue weighted by atomic mass is 10.1. The maximum absolute atomic E-state index is 12.3. The summed E-state index contributed by atoms with van der Waals surface area (Å²) in [6.45, 7) is 3.52. The predicted octanol–water partition coefficient (Wildman–Crippen LogP) is 3.05. The Balaban J connectivity index is 0.00000576. The number of amides is 1. The normalized spacial score (nSPS) is 13.0. The molecule has 10 heteroatoms. The van der Waals surface area contributed by atoms with E-state index in [1.54, 1.807) is 11.3 Å². The van der Waals surface area contributed by atoms with Gasteiger partial charge in [0.25, 0.3) is 0 Å². The molecular formula is C15H24F3IN4OS. The van der Waals surface area contributed by atoms with Crippen molar-refractivity contribution < 1.29 is 18.0 Å². The third kappa shape index (κ3) is 9.88. The maximum Gasteiger partial charge on any atom is 0.406 e. The Bertz CT molecular complexity index is 537. The highest BCUT2D eigenvalue weighted by molar-refractivity contribution is 14.0. The monoisotopic (exact) mass is 492 g/mol. The first-order chi connectivity index (χ1) is 11.2. The smallest absolute Gasteiger partial charge is 0.357 e. The van der Waals surface area contributed by atoms with Crippen molar-refractivity contribution >= 4 is 47.2 Å². The fourth-order valence-corrected chi connectivity index (χ4v) is 2.68. The molecule has 1 unspecified atom stereocenters. The van der Waals surface area contributed by atoms with Gasteiger partial charge in [0.15, 0.2) is 5.96 Å². The van der Waals surface area contributed by atoms with E-state index in [9.17, 15) is 18.0 Å². The van der Waals surface area contributed by atoms with Gasteiger partial charge in [-0.2, -0.15) is 13.2 Å². The van der Waals surface area contributed by atoms with Crippen molar-refractivity contribution in [2.75, 3.05) is 33.2 Å². The summed E-state index contributed by atoms with van der Waals surface area (Å²) in [5, 5.41) is 8.08. The third-order valence-electron chi connectivity index (χ3n) is 3.16. The highest BCUT2D eigenvalue weighted by Gasteiger charge is 2.31. The Labute approximate surface area is 167 Å². The molecule has 1 atom stereocenters. The van der Waals surface area contributed by atoms with Crippen LogP contribution >= 0.6 is 35.3 Å². The van der Waals surface area contributed by atoms with Crippen molar-refractivity contribution in [1.82, 2.24) is 15.5 Å². The summed E-state index contributed by atoms with van der Waals surface area (Å²) in [7, 11) is 1.12. The van der Waals surface area contributed by atoms with Gasteiger partial charge in [0, 0.05) is 30.9 Å². The summed E-state index contributed by atoms with van der Waals surface area (Å²) in [4.78, 5) is 17.6. The van der Waals surface area contributed by atoms with Crippen molar-refractivity contribution in [2.45, 2.75) is 25.9 Å². The number of alkyl halides is 3. The van der Waals surface area contributed by atoms with E-state index < -0.39 is 18.6 Å². The van der Waals surface area contributed by atoms with Gasteiger partial charge in [-0.1, -0.05) is 13.0 Å². The fraction of sp³-hybridized carbons (Fsp3) is 0.600. The molecule has 144 valence electrons. The summed E-state index contributed by atoms with van der Waals surface area (Å²) < 4.78 is 36.8. The second-order valence-corrected chi connectivity index (χ2v) is 6.34. The molecule has 25 heavy (non-hydrogen) atoms. The quantitative estimate of drug-likeness (QED) is 0.350. The lowest BCUT2D eigenvalue weighted by molar-refractivity contribution is -0.157. The van der Waals surface area contributed by atoms with E-state index in [4.69, 9.17) is 0 Å². The average Bonchev–Trinajstić information content (AvgIpc) is 3.02. The van der Waals surface area contributed by atoms with Gasteiger partial charge in [-0.3, -0.25) is 4.79 Å². The number of likely N-dealkylation sites (N-methyl/N-ethyl adjacent to an activating group) is 1. The van der Waals surface area contributed by atoms with E-state index in [-0.39, 0.29) is 36.4 Å². The zero-order valence-electron chi connectivity index (χ0n) is 14.4. The SMILES string of the molecule is CCNC(=NCC(=O)N(C)CC(F)(F)F)NCC(C)c1cccs1.I. The van der Waals surface area contributed by atoms with Crippen LogP contribution in [-0.4, -0.2) is 56.2 Å². The molecule has 0 spiro atoms. The molecule has 0 aliphatic rings. The van der Waals surface area contributed by atoms with Gasteiger partial charge >= 0.3 is 6.18 Å². The van der Waals surface area contributed by atoms with Crippen LogP contribution in [0.15, 0.2) is 22.5 Å². The Kier molecular flexibility index (Phi) is 11.1. The molecule has 1 aromatic heterocycles. The van der Waals surface area contributed by atoms with Crippen LogP contribution in [0.1, 0.15) is 24.6 Å². The first-order valence-electron chi connectivity index (χ1n) is 7.59. The van der Waals surface area contributed by atoms with Crippen LogP contribution in [0, 0.1) is 0 Å². The molecule has 0 radical (unpaired) electrons. The first kappa shape index (κ1) is 24.0. The Morgan fingerprint density at radius 3 is 2.60 bits per heavy atom. The van der Waals surface area contributed by atoms with Crippen molar-refractivity contribution in [3.05, 3.63) is 22.4 Å². The number of carbonyl (C=O) groups excluding carboxylic acids is 1. The van der Waals surface area contributed by atoms with Crippen molar-refractivity contribution in [1.29, 1.82) is 0 Å². The van der Waals surface area contributed by atoms with E-state index >= 15 is 0 Å². The van der Waals surface area contributed by atoms with Crippen molar-refractivity contribution in [3.63, 3.8) is 0 Å². The minimum atomic E-state index is -4.41. The molecular weight excluding hydrogens is 468 g/mol. The summed E-state index contributed by atoms with van der Waals surface area (Å²) in [5.41, 5.74) is 0. The summed E-state index contributed by atoms with van der Waals surface area (Å²) in [6, 6.07) is 4.02. The average molecular weight is 492 g/mol. The minimum absolute atomic E-state index is 0. The van der Waals surface area contributed by atoms with Crippen LogP contribution in [0.25, 0.3) is 0 Å². The van der Waals surface area contributed by atoms with Gasteiger partial charge in [-0.05, 0) is 18.4 Å². The van der Waals surface area contributed by atoms with Gasteiger partial charge in [0.05, 0.1) is 0 Å². The van der Waals surface area contributed by atoms with Gasteiger partial charge in [-0.25, -0.2) is 4.99 Å². The molecule has 5 nitrogen and oxygen atoms in total. The van der Waals surface area contributed by atoms with Crippen LogP contribution < -0.4 is 10.6 Å². The number of carbonyl (C=O) groups is 1. The van der Waals surface area contributed by atoms with E-state index in [1.807, 2.05) is 24.4 Å². The number of halogens is 4. The molecule has 0 aliphatic heterocycles. The Morgan fingerprint density at radius 1 is 1.40 bits per heavy atom. The Hall–Kier alpha value is -1.04. The van der Waals surface area contributed by atoms with Crippen molar-refractivity contribution in [2.24, 2.45) is 4.99 Å². The van der Waals surface area contributed by atoms with Gasteiger partial charge in [0.2, 0.25) is 5.91 Å². The number of thiophene rings is 1. The van der Waals surface area contributed by atoms with Crippen LogP contribution in [-0.2, 0) is 4.79 Å². The van der Waals surface area contributed by atoms with E-state index in [2.05, 4.69) is 22.5 Å². The molecule has 0 aromatic carbocycles. The number of guanidine groups is 1. The molecule has 1 rings (SSSR count). The molecule has 0 fully saturated rings. The molecule has 0 saturated carbocycles. The highest BCUT2D eigenvalue weighted by Crippen LogP contribution is 2.19. The second-order valence-electron chi connectivity index (χ2n) is 5.36. The predicted molar refractivity (Wildman–Crippen MR) is 106 cm³/mol. The lowest BCUT2D eigenvalue weighted by Crippen LogP contribution is -2.41. The van der Waals surface area contributed by atoms with Gasteiger partial charge < -0.3 is 15.5 Å². The zero-order chi connectivity index (χ0) is 18.2. The van der Waals surface area contributed by atoms with Gasteiger partial charge in [-0.15, -0.1) is 35.3 Å². The minimum Gasteiger partial charge on any atom is -0.357 e. The molecule has 1 amide bonds. The van der Waals surface area contributed by atoms with Crippen LogP contribution in [0.4, 0.5) is 13.2 Å². The standard InChI is InChI=1S/C15H23F3N4OS.HI/c1-4-19-14(20-8-11(2)12-6-5-7-24-12)21-9-13(23)22(3)10-15(16,17)18;/h5-7,11H,4,8-10H2,1-3H3,(H2,19,20,21);1H. The third-order valence-corrected chi connectivity index (χ3v) is 4.27. The molecule has 0 bridgehead atoms. The highest BCUT2D eigenvalue weighted by atomic mass is 127. The number of nitrogens with one attached hydrogen (secondary N) is 2. The number of aliphatic imine (C=N–C) groups is 1. The Morgan fingerprint density at radius 2 is 2.08 bits per heavy atom. The van der Waals surface area contributed by atoms with Crippen LogP contribution in [0.3, 0.4) is 0 Å². The largest absolute Gasteiger partial charge is 0.406 e. The number of rotatable bonds is 7. The molecule has 0 aliphatic carbocycles. The number of nitrogens with zero attached hydrogens (tertiary/aromatic N) is 2. The molecule has 1 heterocycles. The van der Waals surface area contributed by atoms with E-state index in [0.717, 1.165) is 7.05 Å². The number of hydrogen-bond acceptors (Lipinski definition) is 3. The summed E-state index contributed by atoms with van der Waals surface area (Å²) in [5.74, 6) is -0.0111. The maximum atomic E-state index is 12.3. The number of hydrogen-bond donors (Lipinski definition) is 2. The van der Waals surface area contributed by atoms with Gasteiger partial charge in [0.1, 0.15) is 13.1 Å². The summed E-state index contributed by atoms with van der Waals surface area (Å²) in [6.07, 6.45) is -4.41. The fourth-order valence-electron chi connectivity index (χ4n) is 1.89. The molecule has 2 N–H and O–H groups in total. The topological polar surface area (TPSA) is 56.7 Å². The van der Waals surface area contributed by atoms with Crippen LogP contribution in [0.5, 0.6) is 0 Å². The zero-order valence-corrected chi connectivity index (χ0v) is 17.5. The molecule has 1 aromatic rings. The summed E-state index contributed by atoms with van der Waals surface area (Å²) >= 11 is 1.66. The van der Waals surface area contributed by atoms with E-state index in [1.165, 1.54) is 4.88 Å².